The number of fused-ring (bicyclic) bond motifs is 1. The molecule has 0 spiro atoms. The fourth-order valence-electron chi connectivity index (χ4n) is 2.64. The lowest BCUT2D eigenvalue weighted by Gasteiger charge is -2.25. The number of benzene rings is 1. The van der Waals surface area contributed by atoms with E-state index in [2.05, 4.69) is 4.98 Å². The molecule has 2 aromatic rings. The van der Waals surface area contributed by atoms with Crippen molar-refractivity contribution >= 4 is 22.5 Å². The Kier molecular flexibility index (Phi) is 6.59. The molecular formula is C17H22N2O7. The number of nitrogens with two attached hydrogens (primary N) is 1. The fourth-order valence-corrected chi connectivity index (χ4v) is 2.64. The van der Waals surface area contributed by atoms with Gasteiger partial charge in [0.1, 0.15) is 24.4 Å². The van der Waals surface area contributed by atoms with E-state index in [0.717, 1.165) is 10.9 Å². The SMILES string of the molecule is N[C@@H](Cc1c[nH]c2ccccc12)C(=O)C(=O)[C@H](O)[C@@H](O)[C@H](O)[C@H](O)CO. The largest absolute Gasteiger partial charge is 0.394 e. The number of aromatic amines is 1. The average molecular weight is 366 g/mol. The molecule has 9 heteroatoms. The molecule has 2 rings (SSSR count). The summed E-state index contributed by atoms with van der Waals surface area (Å²) in [6, 6.07) is 6.05. The van der Waals surface area contributed by atoms with E-state index in [1.807, 2.05) is 24.3 Å². The maximum absolute atomic E-state index is 12.2. The second-order valence-corrected chi connectivity index (χ2v) is 6.07. The Bertz CT molecular complexity index is 775. The van der Waals surface area contributed by atoms with Gasteiger partial charge in [-0.05, 0) is 18.1 Å². The zero-order valence-electron chi connectivity index (χ0n) is 13.8. The summed E-state index contributed by atoms with van der Waals surface area (Å²) in [5.74, 6) is -2.50. The summed E-state index contributed by atoms with van der Waals surface area (Å²) in [6.45, 7) is -0.896. The van der Waals surface area contributed by atoms with E-state index in [4.69, 9.17) is 10.8 Å². The molecule has 1 heterocycles. The number of H-pyrrole nitrogens is 1. The Hall–Kier alpha value is -2.14. The number of rotatable bonds is 9. The molecule has 9 nitrogen and oxygen atoms in total. The summed E-state index contributed by atoms with van der Waals surface area (Å²) in [5, 5.41) is 47.8. The van der Waals surface area contributed by atoms with Crippen LogP contribution in [0.15, 0.2) is 30.5 Å². The van der Waals surface area contributed by atoms with Crippen molar-refractivity contribution in [3.63, 3.8) is 0 Å². The van der Waals surface area contributed by atoms with Crippen LogP contribution < -0.4 is 5.73 Å². The van der Waals surface area contributed by atoms with Crippen LogP contribution in [-0.4, -0.2) is 79.1 Å². The minimum atomic E-state index is -2.27. The average Bonchev–Trinajstić information content (AvgIpc) is 3.07. The maximum atomic E-state index is 12.2. The molecule has 0 amide bonds. The molecular weight excluding hydrogens is 344 g/mol. The highest BCUT2D eigenvalue weighted by Crippen LogP contribution is 2.19. The molecule has 142 valence electrons. The van der Waals surface area contributed by atoms with Crippen LogP contribution in [0.1, 0.15) is 5.56 Å². The lowest BCUT2D eigenvalue weighted by molar-refractivity contribution is -0.154. The monoisotopic (exact) mass is 366 g/mol. The third-order valence-corrected chi connectivity index (χ3v) is 4.22. The van der Waals surface area contributed by atoms with Crippen LogP contribution in [0.5, 0.6) is 0 Å². The lowest BCUT2D eigenvalue weighted by Crippen LogP contribution is -2.52. The molecule has 0 fully saturated rings. The number of aromatic nitrogens is 1. The van der Waals surface area contributed by atoms with Gasteiger partial charge in [-0.1, -0.05) is 18.2 Å². The van der Waals surface area contributed by atoms with Crippen LogP contribution >= 0.6 is 0 Å². The van der Waals surface area contributed by atoms with Crippen LogP contribution in [0, 0.1) is 0 Å². The summed E-state index contributed by atoms with van der Waals surface area (Å²) in [5.41, 5.74) is 7.32. The Morgan fingerprint density at radius 2 is 1.69 bits per heavy atom. The van der Waals surface area contributed by atoms with Gasteiger partial charge in [0.15, 0.2) is 0 Å². The standard InChI is InChI=1S/C17H22N2O7/c18-10(5-8-6-19-11-4-2-1-3-9(8)11)13(22)15(24)17(26)16(25)14(23)12(21)7-20/h1-4,6,10,12,14,16-17,19-21,23,25-26H,5,7,18H2/t10-,12+,14+,16-,17-/m0/s1. The van der Waals surface area contributed by atoms with E-state index in [1.54, 1.807) is 6.20 Å². The molecule has 1 aromatic carbocycles. The number of ketones is 2. The molecule has 0 radical (unpaired) electrons. The van der Waals surface area contributed by atoms with E-state index in [0.29, 0.717) is 5.56 Å². The summed E-state index contributed by atoms with van der Waals surface area (Å²) in [6.07, 6.45) is -6.51. The Morgan fingerprint density at radius 1 is 1.04 bits per heavy atom. The number of aliphatic hydroxyl groups excluding tert-OH is 5. The molecule has 5 atom stereocenters. The van der Waals surface area contributed by atoms with Crippen LogP contribution in [0.25, 0.3) is 10.9 Å². The normalized spacial score (nSPS) is 17.5. The number of aliphatic hydroxyl groups is 5. The first-order valence-electron chi connectivity index (χ1n) is 7.99. The Balaban J connectivity index is 2.06. The molecule has 0 saturated carbocycles. The van der Waals surface area contributed by atoms with Crippen molar-refractivity contribution in [1.29, 1.82) is 0 Å². The van der Waals surface area contributed by atoms with Gasteiger partial charge in [-0.2, -0.15) is 0 Å². The number of carbonyl (C=O) groups is 2. The van der Waals surface area contributed by atoms with E-state index < -0.39 is 48.6 Å². The highest BCUT2D eigenvalue weighted by atomic mass is 16.4. The van der Waals surface area contributed by atoms with Gasteiger partial charge < -0.3 is 36.3 Å². The zero-order valence-corrected chi connectivity index (χ0v) is 13.8. The van der Waals surface area contributed by atoms with Gasteiger partial charge >= 0.3 is 0 Å². The predicted octanol–water partition coefficient (Wildman–Crippen LogP) is -2.39. The number of Topliss-reactive ketones (excluding diaryl/α,β-unsaturated/α-hetero) is 2. The third-order valence-electron chi connectivity index (χ3n) is 4.22. The number of para-hydroxylation sites is 1. The number of hydrogen-bond acceptors (Lipinski definition) is 8. The second kappa shape index (κ2) is 8.49. The minimum Gasteiger partial charge on any atom is -0.394 e. The quantitative estimate of drug-likeness (QED) is 0.240. The summed E-state index contributed by atoms with van der Waals surface area (Å²) < 4.78 is 0. The second-order valence-electron chi connectivity index (χ2n) is 6.07. The number of hydrogen-bond donors (Lipinski definition) is 7. The van der Waals surface area contributed by atoms with Gasteiger partial charge in [0.25, 0.3) is 0 Å². The topological polar surface area (TPSA) is 177 Å². The van der Waals surface area contributed by atoms with E-state index >= 15 is 0 Å². The Morgan fingerprint density at radius 3 is 2.35 bits per heavy atom. The first-order valence-corrected chi connectivity index (χ1v) is 7.99. The zero-order chi connectivity index (χ0) is 19.4. The summed E-state index contributed by atoms with van der Waals surface area (Å²) in [7, 11) is 0. The van der Waals surface area contributed by atoms with E-state index in [9.17, 15) is 30.0 Å². The Labute approximate surface area is 148 Å². The van der Waals surface area contributed by atoms with Crippen molar-refractivity contribution in [3.05, 3.63) is 36.0 Å². The van der Waals surface area contributed by atoms with Crippen molar-refractivity contribution in [2.24, 2.45) is 5.73 Å². The predicted molar refractivity (Wildman–Crippen MR) is 91.1 cm³/mol. The lowest BCUT2D eigenvalue weighted by atomic mass is 9.94. The molecule has 0 aliphatic carbocycles. The highest BCUT2D eigenvalue weighted by molar-refractivity contribution is 6.40. The molecule has 8 N–H and O–H groups in total. The first kappa shape index (κ1) is 20.2. The number of nitrogens with one attached hydrogen (secondary N) is 1. The highest BCUT2D eigenvalue weighted by Gasteiger charge is 2.38. The summed E-state index contributed by atoms with van der Waals surface area (Å²) >= 11 is 0. The molecule has 0 aliphatic rings. The summed E-state index contributed by atoms with van der Waals surface area (Å²) in [4.78, 5) is 27.2. The fraction of sp³-hybridized carbons (Fsp3) is 0.412. The maximum Gasteiger partial charge on any atom is 0.231 e. The van der Waals surface area contributed by atoms with Crippen LogP contribution in [-0.2, 0) is 16.0 Å². The van der Waals surface area contributed by atoms with Crippen molar-refractivity contribution in [3.8, 4) is 0 Å². The first-order chi connectivity index (χ1) is 12.3. The van der Waals surface area contributed by atoms with Gasteiger partial charge in [0.2, 0.25) is 11.6 Å². The van der Waals surface area contributed by atoms with Crippen molar-refractivity contribution in [1.82, 2.24) is 4.98 Å². The van der Waals surface area contributed by atoms with Crippen LogP contribution in [0.3, 0.4) is 0 Å². The van der Waals surface area contributed by atoms with E-state index in [1.165, 1.54) is 0 Å². The van der Waals surface area contributed by atoms with Gasteiger partial charge in [-0.15, -0.1) is 0 Å². The third kappa shape index (κ3) is 4.15. The minimum absolute atomic E-state index is 0.0270. The van der Waals surface area contributed by atoms with Gasteiger partial charge in [0, 0.05) is 17.1 Å². The molecule has 0 saturated heterocycles. The molecule has 1 aromatic heterocycles. The van der Waals surface area contributed by atoms with Gasteiger partial charge in [0.05, 0.1) is 12.6 Å². The molecule has 26 heavy (non-hydrogen) atoms. The van der Waals surface area contributed by atoms with Crippen molar-refractivity contribution in [2.45, 2.75) is 36.9 Å². The number of carbonyl (C=O) groups excluding carboxylic acids is 2. The van der Waals surface area contributed by atoms with Gasteiger partial charge in [-0.25, -0.2) is 0 Å². The van der Waals surface area contributed by atoms with Crippen molar-refractivity contribution < 1.29 is 35.1 Å². The molecule has 0 aliphatic heterocycles. The molecule has 0 bridgehead atoms. The van der Waals surface area contributed by atoms with Crippen LogP contribution in [0.4, 0.5) is 0 Å². The van der Waals surface area contributed by atoms with E-state index in [-0.39, 0.29) is 6.42 Å². The smallest absolute Gasteiger partial charge is 0.231 e. The van der Waals surface area contributed by atoms with Crippen molar-refractivity contribution in [2.75, 3.05) is 6.61 Å². The van der Waals surface area contributed by atoms with Gasteiger partial charge in [-0.3, -0.25) is 9.59 Å². The molecule has 0 unspecified atom stereocenters. The van der Waals surface area contributed by atoms with Crippen LogP contribution in [0.2, 0.25) is 0 Å².